The molecule has 2 atom stereocenters. The molecular formula is C17H18ClNO2. The molecule has 0 aliphatic carbocycles. The molecule has 110 valence electrons. The second-order valence-corrected chi connectivity index (χ2v) is 5.62. The molecule has 2 unspecified atom stereocenters. The molecule has 1 heterocycles. The van der Waals surface area contributed by atoms with Crippen LogP contribution in [0.15, 0.2) is 48.5 Å². The van der Waals surface area contributed by atoms with Gasteiger partial charge in [-0.2, -0.15) is 0 Å². The van der Waals surface area contributed by atoms with Crippen molar-refractivity contribution in [2.24, 2.45) is 0 Å². The molecular weight excluding hydrogens is 286 g/mol. The van der Waals surface area contributed by atoms with Crippen molar-refractivity contribution in [2.45, 2.75) is 19.1 Å². The summed E-state index contributed by atoms with van der Waals surface area (Å²) in [7, 11) is 0. The largest absolute Gasteiger partial charge is 0.486 e. The summed E-state index contributed by atoms with van der Waals surface area (Å²) in [6.45, 7) is 3.43. The van der Waals surface area contributed by atoms with Crippen molar-refractivity contribution in [1.29, 1.82) is 0 Å². The Morgan fingerprint density at radius 2 is 1.86 bits per heavy atom. The van der Waals surface area contributed by atoms with Crippen LogP contribution in [0.1, 0.15) is 18.5 Å². The topological polar surface area (TPSA) is 30.5 Å². The molecule has 0 saturated carbocycles. The average molecular weight is 304 g/mol. The molecule has 0 amide bonds. The number of fused-ring (bicyclic) bond motifs is 1. The minimum Gasteiger partial charge on any atom is -0.486 e. The van der Waals surface area contributed by atoms with E-state index in [-0.39, 0.29) is 12.1 Å². The normalized spacial score (nSPS) is 18.3. The Bertz CT molecular complexity index is 600. The Morgan fingerprint density at radius 1 is 1.14 bits per heavy atom. The number of halogens is 1. The zero-order valence-electron chi connectivity index (χ0n) is 11.9. The summed E-state index contributed by atoms with van der Waals surface area (Å²) in [4.78, 5) is 0. The third-order valence-electron chi connectivity index (χ3n) is 3.59. The lowest BCUT2D eigenvalue weighted by molar-refractivity contribution is 0.0886. The monoisotopic (exact) mass is 303 g/mol. The van der Waals surface area contributed by atoms with Gasteiger partial charge in [-0.3, -0.25) is 0 Å². The maximum Gasteiger partial charge on any atom is 0.161 e. The smallest absolute Gasteiger partial charge is 0.161 e. The Morgan fingerprint density at radius 3 is 2.62 bits per heavy atom. The maximum atomic E-state index is 5.93. The van der Waals surface area contributed by atoms with Gasteiger partial charge < -0.3 is 14.8 Å². The van der Waals surface area contributed by atoms with E-state index in [4.69, 9.17) is 21.1 Å². The Balaban J connectivity index is 1.55. The third kappa shape index (κ3) is 3.49. The first-order valence-electron chi connectivity index (χ1n) is 7.10. The van der Waals surface area contributed by atoms with Gasteiger partial charge in [0.2, 0.25) is 0 Å². The second kappa shape index (κ2) is 6.37. The summed E-state index contributed by atoms with van der Waals surface area (Å²) in [5.74, 6) is 1.63. The Labute approximate surface area is 129 Å². The number of rotatable bonds is 4. The van der Waals surface area contributed by atoms with Crippen molar-refractivity contribution >= 4 is 11.6 Å². The van der Waals surface area contributed by atoms with E-state index in [0.29, 0.717) is 6.61 Å². The van der Waals surface area contributed by atoms with Gasteiger partial charge in [0.1, 0.15) is 12.7 Å². The lowest BCUT2D eigenvalue weighted by Gasteiger charge is -2.27. The van der Waals surface area contributed by atoms with Crippen LogP contribution in [-0.2, 0) is 0 Å². The Kier molecular flexibility index (Phi) is 4.32. The van der Waals surface area contributed by atoms with E-state index in [1.165, 1.54) is 5.56 Å². The molecule has 1 aliphatic rings. The molecule has 2 aromatic rings. The quantitative estimate of drug-likeness (QED) is 0.931. The number of benzene rings is 2. The van der Waals surface area contributed by atoms with Gasteiger partial charge >= 0.3 is 0 Å². The number of nitrogens with one attached hydrogen (secondary N) is 1. The summed E-state index contributed by atoms with van der Waals surface area (Å²) in [6.07, 6.45) is 0.0228. The molecule has 1 N–H and O–H groups in total. The number of ether oxygens (including phenoxy) is 2. The lowest BCUT2D eigenvalue weighted by Crippen LogP contribution is -2.39. The van der Waals surface area contributed by atoms with Gasteiger partial charge in [-0.1, -0.05) is 35.9 Å². The molecule has 2 aromatic carbocycles. The number of hydrogen-bond acceptors (Lipinski definition) is 3. The van der Waals surface area contributed by atoms with Gasteiger partial charge in [-0.05, 0) is 36.8 Å². The SMILES string of the molecule is CC(NCC1COc2ccccc2O1)c1ccc(Cl)cc1. The lowest BCUT2D eigenvalue weighted by atomic mass is 10.1. The third-order valence-corrected chi connectivity index (χ3v) is 3.84. The van der Waals surface area contributed by atoms with Gasteiger partial charge in [0.15, 0.2) is 11.5 Å². The van der Waals surface area contributed by atoms with Crippen LogP contribution in [0.25, 0.3) is 0 Å². The van der Waals surface area contributed by atoms with Gasteiger partial charge in [0.25, 0.3) is 0 Å². The predicted molar refractivity (Wildman–Crippen MR) is 84.2 cm³/mol. The highest BCUT2D eigenvalue weighted by atomic mass is 35.5. The minimum atomic E-state index is 0.0228. The number of para-hydroxylation sites is 2. The molecule has 3 nitrogen and oxygen atoms in total. The van der Waals surface area contributed by atoms with E-state index in [1.807, 2.05) is 48.5 Å². The highest BCUT2D eigenvalue weighted by Gasteiger charge is 2.20. The fraction of sp³-hybridized carbons (Fsp3) is 0.294. The summed E-state index contributed by atoms with van der Waals surface area (Å²) < 4.78 is 11.6. The summed E-state index contributed by atoms with van der Waals surface area (Å²) in [5.41, 5.74) is 1.21. The molecule has 0 saturated heterocycles. The highest BCUT2D eigenvalue weighted by Crippen LogP contribution is 2.30. The van der Waals surface area contributed by atoms with Crippen molar-refractivity contribution in [3.8, 4) is 11.5 Å². The molecule has 0 aromatic heterocycles. The zero-order chi connectivity index (χ0) is 14.7. The van der Waals surface area contributed by atoms with E-state index in [0.717, 1.165) is 23.1 Å². The molecule has 0 spiro atoms. The molecule has 1 aliphatic heterocycles. The molecule has 0 bridgehead atoms. The first-order chi connectivity index (χ1) is 10.2. The molecule has 0 fully saturated rings. The van der Waals surface area contributed by atoms with Crippen molar-refractivity contribution < 1.29 is 9.47 Å². The summed E-state index contributed by atoms with van der Waals surface area (Å²) in [6, 6.07) is 15.9. The number of hydrogen-bond donors (Lipinski definition) is 1. The first kappa shape index (κ1) is 14.2. The fourth-order valence-electron chi connectivity index (χ4n) is 2.34. The molecule has 4 heteroatoms. The standard InChI is InChI=1S/C17H18ClNO2/c1-12(13-6-8-14(18)9-7-13)19-10-15-11-20-16-4-2-3-5-17(16)21-15/h2-9,12,15,19H,10-11H2,1H3. The molecule has 21 heavy (non-hydrogen) atoms. The molecule has 3 rings (SSSR count). The van der Waals surface area contributed by atoms with Gasteiger partial charge in [-0.15, -0.1) is 0 Å². The van der Waals surface area contributed by atoms with Gasteiger partial charge in [0.05, 0.1) is 0 Å². The summed E-state index contributed by atoms with van der Waals surface area (Å²) >= 11 is 5.91. The highest BCUT2D eigenvalue weighted by molar-refractivity contribution is 6.30. The first-order valence-corrected chi connectivity index (χ1v) is 7.47. The average Bonchev–Trinajstić information content (AvgIpc) is 2.53. The van der Waals surface area contributed by atoms with Crippen molar-refractivity contribution in [1.82, 2.24) is 5.32 Å². The maximum absolute atomic E-state index is 5.93. The van der Waals surface area contributed by atoms with E-state index < -0.39 is 0 Å². The van der Waals surface area contributed by atoms with E-state index >= 15 is 0 Å². The van der Waals surface area contributed by atoms with Crippen LogP contribution in [0, 0.1) is 0 Å². The van der Waals surface area contributed by atoms with Gasteiger partial charge in [-0.25, -0.2) is 0 Å². The van der Waals surface area contributed by atoms with Crippen LogP contribution >= 0.6 is 11.6 Å². The Hall–Kier alpha value is -1.71. The van der Waals surface area contributed by atoms with E-state index in [1.54, 1.807) is 0 Å². The zero-order valence-corrected chi connectivity index (χ0v) is 12.6. The van der Waals surface area contributed by atoms with Crippen LogP contribution in [0.2, 0.25) is 5.02 Å². The van der Waals surface area contributed by atoms with Crippen LogP contribution < -0.4 is 14.8 Å². The molecule has 0 radical (unpaired) electrons. The van der Waals surface area contributed by atoms with Crippen molar-refractivity contribution in [3.63, 3.8) is 0 Å². The van der Waals surface area contributed by atoms with E-state index in [2.05, 4.69) is 12.2 Å². The van der Waals surface area contributed by atoms with Crippen molar-refractivity contribution in [2.75, 3.05) is 13.2 Å². The van der Waals surface area contributed by atoms with Crippen LogP contribution in [0.4, 0.5) is 0 Å². The van der Waals surface area contributed by atoms with Crippen molar-refractivity contribution in [3.05, 3.63) is 59.1 Å². The second-order valence-electron chi connectivity index (χ2n) is 5.18. The van der Waals surface area contributed by atoms with Gasteiger partial charge in [0, 0.05) is 17.6 Å². The minimum absolute atomic E-state index is 0.0228. The van der Waals surface area contributed by atoms with Crippen LogP contribution in [0.3, 0.4) is 0 Å². The van der Waals surface area contributed by atoms with E-state index in [9.17, 15) is 0 Å². The van der Waals surface area contributed by atoms with Crippen LogP contribution in [-0.4, -0.2) is 19.3 Å². The predicted octanol–water partition coefficient (Wildman–Crippen LogP) is 3.83. The van der Waals surface area contributed by atoms with Crippen LogP contribution in [0.5, 0.6) is 11.5 Å². The fourth-order valence-corrected chi connectivity index (χ4v) is 2.47. The summed E-state index contributed by atoms with van der Waals surface area (Å²) in [5, 5.41) is 4.23.